The summed E-state index contributed by atoms with van der Waals surface area (Å²) >= 11 is 12.1. The van der Waals surface area contributed by atoms with Crippen LogP contribution in [-0.2, 0) is 0 Å². The standard InChI is InChI=1S/C15H15Cl2N3O/c1-3-18-14-12(17)7-10(8-19-14)15(21)20-13-6-4-5-11(16)9(13)2/h4-8H,3H2,1-2H3,(H,18,19)(H,20,21). The molecule has 4 nitrogen and oxygen atoms in total. The summed E-state index contributed by atoms with van der Waals surface area (Å²) in [7, 11) is 0. The Morgan fingerprint density at radius 1 is 1.29 bits per heavy atom. The summed E-state index contributed by atoms with van der Waals surface area (Å²) in [5, 5.41) is 6.83. The lowest BCUT2D eigenvalue weighted by Crippen LogP contribution is -2.13. The van der Waals surface area contributed by atoms with Crippen LogP contribution in [-0.4, -0.2) is 17.4 Å². The van der Waals surface area contributed by atoms with E-state index in [2.05, 4.69) is 15.6 Å². The van der Waals surface area contributed by atoms with E-state index in [1.807, 2.05) is 13.8 Å². The van der Waals surface area contributed by atoms with Crippen LogP contribution in [0.1, 0.15) is 22.8 Å². The predicted octanol–water partition coefficient (Wildman–Crippen LogP) is 4.38. The van der Waals surface area contributed by atoms with E-state index in [4.69, 9.17) is 23.2 Å². The largest absolute Gasteiger partial charge is 0.369 e. The number of rotatable bonds is 4. The van der Waals surface area contributed by atoms with Crippen LogP contribution in [0.25, 0.3) is 0 Å². The molecule has 1 heterocycles. The minimum Gasteiger partial charge on any atom is -0.369 e. The van der Waals surface area contributed by atoms with E-state index in [1.54, 1.807) is 24.3 Å². The summed E-state index contributed by atoms with van der Waals surface area (Å²) in [6.45, 7) is 4.50. The van der Waals surface area contributed by atoms with E-state index in [1.165, 1.54) is 6.20 Å². The Bertz CT molecular complexity index is 674. The molecule has 0 unspecified atom stereocenters. The maximum Gasteiger partial charge on any atom is 0.257 e. The van der Waals surface area contributed by atoms with Gasteiger partial charge >= 0.3 is 0 Å². The smallest absolute Gasteiger partial charge is 0.257 e. The number of nitrogens with zero attached hydrogens (tertiary/aromatic N) is 1. The average Bonchev–Trinajstić information content (AvgIpc) is 2.46. The monoisotopic (exact) mass is 323 g/mol. The Kier molecular flexibility index (Phi) is 5.04. The zero-order chi connectivity index (χ0) is 15.4. The molecule has 6 heteroatoms. The number of hydrogen-bond acceptors (Lipinski definition) is 3. The number of nitrogens with one attached hydrogen (secondary N) is 2. The number of carbonyl (C=O) groups is 1. The summed E-state index contributed by atoms with van der Waals surface area (Å²) in [6.07, 6.45) is 1.49. The van der Waals surface area contributed by atoms with E-state index >= 15 is 0 Å². The number of hydrogen-bond donors (Lipinski definition) is 2. The van der Waals surface area contributed by atoms with Gasteiger partial charge in [0.05, 0.1) is 10.6 Å². The first-order chi connectivity index (χ1) is 10.0. The second kappa shape index (κ2) is 6.78. The van der Waals surface area contributed by atoms with Gasteiger partial charge in [0.1, 0.15) is 5.82 Å². The number of benzene rings is 1. The van der Waals surface area contributed by atoms with Crippen LogP contribution < -0.4 is 10.6 Å². The number of aromatic nitrogens is 1. The van der Waals surface area contributed by atoms with Gasteiger partial charge in [-0.2, -0.15) is 0 Å². The lowest BCUT2D eigenvalue weighted by atomic mass is 10.2. The molecule has 0 radical (unpaired) electrons. The number of anilines is 2. The third-order valence-electron chi connectivity index (χ3n) is 2.96. The fraction of sp³-hybridized carbons (Fsp3) is 0.200. The third-order valence-corrected chi connectivity index (χ3v) is 3.66. The zero-order valence-electron chi connectivity index (χ0n) is 11.7. The lowest BCUT2D eigenvalue weighted by Gasteiger charge is -2.10. The van der Waals surface area contributed by atoms with Crippen LogP contribution in [0.2, 0.25) is 10.0 Å². The highest BCUT2D eigenvalue weighted by molar-refractivity contribution is 6.33. The molecular formula is C15H15Cl2N3O. The molecule has 1 aromatic carbocycles. The Labute approximate surface area is 133 Å². The van der Waals surface area contributed by atoms with Gasteiger partial charge in [-0.25, -0.2) is 4.98 Å². The molecule has 2 N–H and O–H groups in total. The quantitative estimate of drug-likeness (QED) is 0.877. The first-order valence-electron chi connectivity index (χ1n) is 6.48. The molecular weight excluding hydrogens is 309 g/mol. The van der Waals surface area contributed by atoms with Gasteiger partial charge in [0.15, 0.2) is 0 Å². The van der Waals surface area contributed by atoms with Gasteiger partial charge in [-0.15, -0.1) is 0 Å². The maximum atomic E-state index is 12.2. The highest BCUT2D eigenvalue weighted by Gasteiger charge is 2.11. The van der Waals surface area contributed by atoms with Gasteiger partial charge in [-0.05, 0) is 37.6 Å². The average molecular weight is 324 g/mol. The Balaban J connectivity index is 2.21. The van der Waals surface area contributed by atoms with Crippen molar-refractivity contribution in [1.82, 2.24) is 4.98 Å². The topological polar surface area (TPSA) is 54.0 Å². The number of amides is 1. The Morgan fingerprint density at radius 3 is 2.71 bits per heavy atom. The van der Waals surface area contributed by atoms with Crippen LogP contribution in [0.3, 0.4) is 0 Å². The van der Waals surface area contributed by atoms with E-state index in [0.29, 0.717) is 33.7 Å². The van der Waals surface area contributed by atoms with E-state index < -0.39 is 0 Å². The minimum atomic E-state index is -0.280. The van der Waals surface area contributed by atoms with Crippen LogP contribution in [0.5, 0.6) is 0 Å². The van der Waals surface area contributed by atoms with Crippen molar-refractivity contribution in [3.05, 3.63) is 51.6 Å². The molecule has 0 spiro atoms. The van der Waals surface area contributed by atoms with E-state index in [-0.39, 0.29) is 5.91 Å². The molecule has 2 aromatic rings. The Hall–Kier alpha value is -1.78. The fourth-order valence-electron chi connectivity index (χ4n) is 1.80. The molecule has 21 heavy (non-hydrogen) atoms. The van der Waals surface area contributed by atoms with Crippen molar-refractivity contribution >= 4 is 40.6 Å². The van der Waals surface area contributed by atoms with Crippen molar-refractivity contribution < 1.29 is 4.79 Å². The molecule has 0 aliphatic heterocycles. The molecule has 2 rings (SSSR count). The van der Waals surface area contributed by atoms with Crippen LogP contribution >= 0.6 is 23.2 Å². The third kappa shape index (κ3) is 3.65. The molecule has 0 saturated heterocycles. The summed E-state index contributed by atoms with van der Waals surface area (Å²) in [5.74, 6) is 0.285. The highest BCUT2D eigenvalue weighted by atomic mass is 35.5. The first-order valence-corrected chi connectivity index (χ1v) is 7.24. The number of pyridine rings is 1. The summed E-state index contributed by atoms with van der Waals surface area (Å²) < 4.78 is 0. The summed E-state index contributed by atoms with van der Waals surface area (Å²) in [4.78, 5) is 16.4. The van der Waals surface area contributed by atoms with Gasteiger partial charge < -0.3 is 10.6 Å². The van der Waals surface area contributed by atoms with Crippen molar-refractivity contribution in [2.45, 2.75) is 13.8 Å². The van der Waals surface area contributed by atoms with Crippen LogP contribution in [0.4, 0.5) is 11.5 Å². The molecule has 1 aromatic heterocycles. The summed E-state index contributed by atoms with van der Waals surface area (Å²) in [6, 6.07) is 6.93. The van der Waals surface area contributed by atoms with Gasteiger partial charge in [0, 0.05) is 23.5 Å². The van der Waals surface area contributed by atoms with Gasteiger partial charge in [0.25, 0.3) is 5.91 Å². The molecule has 0 atom stereocenters. The van der Waals surface area contributed by atoms with Gasteiger partial charge in [-0.3, -0.25) is 4.79 Å². The minimum absolute atomic E-state index is 0.280. The van der Waals surface area contributed by atoms with E-state index in [0.717, 1.165) is 5.56 Å². The van der Waals surface area contributed by atoms with Crippen molar-refractivity contribution in [3.8, 4) is 0 Å². The maximum absolute atomic E-state index is 12.2. The van der Waals surface area contributed by atoms with Crippen molar-refractivity contribution in [1.29, 1.82) is 0 Å². The fourth-order valence-corrected chi connectivity index (χ4v) is 2.20. The summed E-state index contributed by atoms with van der Waals surface area (Å²) in [5.41, 5.74) is 1.87. The number of halogens is 2. The van der Waals surface area contributed by atoms with Crippen molar-refractivity contribution in [3.63, 3.8) is 0 Å². The molecule has 1 amide bonds. The lowest BCUT2D eigenvalue weighted by molar-refractivity contribution is 0.102. The molecule has 0 aliphatic carbocycles. The zero-order valence-corrected chi connectivity index (χ0v) is 13.2. The molecule has 0 saturated carbocycles. The highest BCUT2D eigenvalue weighted by Crippen LogP contribution is 2.24. The van der Waals surface area contributed by atoms with Crippen molar-refractivity contribution in [2.24, 2.45) is 0 Å². The first kappa shape index (κ1) is 15.6. The normalized spacial score (nSPS) is 10.3. The molecule has 0 fully saturated rings. The van der Waals surface area contributed by atoms with Crippen LogP contribution in [0, 0.1) is 6.92 Å². The van der Waals surface area contributed by atoms with Crippen LogP contribution in [0.15, 0.2) is 30.5 Å². The Morgan fingerprint density at radius 2 is 2.05 bits per heavy atom. The molecule has 0 aliphatic rings. The second-order valence-electron chi connectivity index (χ2n) is 4.45. The molecule has 110 valence electrons. The second-order valence-corrected chi connectivity index (χ2v) is 5.27. The van der Waals surface area contributed by atoms with Gasteiger partial charge in [-0.1, -0.05) is 29.3 Å². The van der Waals surface area contributed by atoms with Gasteiger partial charge in [0.2, 0.25) is 0 Å². The number of carbonyl (C=O) groups excluding carboxylic acids is 1. The van der Waals surface area contributed by atoms with E-state index in [9.17, 15) is 4.79 Å². The SMILES string of the molecule is CCNc1ncc(C(=O)Nc2cccc(Cl)c2C)cc1Cl. The molecule has 0 bridgehead atoms. The van der Waals surface area contributed by atoms with Crippen molar-refractivity contribution in [2.75, 3.05) is 17.2 Å². The predicted molar refractivity (Wildman–Crippen MR) is 87.6 cm³/mol.